The van der Waals surface area contributed by atoms with Gasteiger partial charge in [-0.3, -0.25) is 4.90 Å². The Kier molecular flexibility index (Phi) is 4.01. The minimum Gasteiger partial charge on any atom is -0.379 e. The van der Waals surface area contributed by atoms with Crippen LogP contribution in [-0.4, -0.2) is 37.2 Å². The summed E-state index contributed by atoms with van der Waals surface area (Å²) < 4.78 is 5.38. The third-order valence-corrected chi connectivity index (χ3v) is 3.49. The molecule has 1 fully saturated rings. The van der Waals surface area contributed by atoms with Crippen molar-refractivity contribution in [2.45, 2.75) is 32.2 Å². The molecule has 0 amide bonds. The van der Waals surface area contributed by atoms with Gasteiger partial charge in [0, 0.05) is 19.1 Å². The van der Waals surface area contributed by atoms with Crippen molar-refractivity contribution < 1.29 is 4.74 Å². The minimum atomic E-state index is 0.599. The summed E-state index contributed by atoms with van der Waals surface area (Å²) in [6.07, 6.45) is 8.34. The maximum atomic E-state index is 5.38. The van der Waals surface area contributed by atoms with Gasteiger partial charge in [-0.1, -0.05) is 6.92 Å². The van der Waals surface area contributed by atoms with Gasteiger partial charge in [0.25, 0.3) is 0 Å². The molecule has 84 valence electrons. The van der Waals surface area contributed by atoms with Crippen LogP contribution in [-0.2, 0) is 4.74 Å². The maximum absolute atomic E-state index is 5.38. The maximum Gasteiger partial charge on any atom is 0.0594 e. The van der Waals surface area contributed by atoms with Gasteiger partial charge >= 0.3 is 0 Å². The summed E-state index contributed by atoms with van der Waals surface area (Å²) in [5.41, 5.74) is 3.36. The summed E-state index contributed by atoms with van der Waals surface area (Å²) in [6, 6.07) is 0.599. The molecule has 2 unspecified atom stereocenters. The summed E-state index contributed by atoms with van der Waals surface area (Å²) in [4.78, 5) is 2.53. The number of hydrogen-bond acceptors (Lipinski definition) is 2. The molecule has 2 rings (SSSR count). The Labute approximate surface area is 92.6 Å². The highest BCUT2D eigenvalue weighted by molar-refractivity contribution is 5.01. The lowest BCUT2D eigenvalue weighted by molar-refractivity contribution is 0.0236. The van der Waals surface area contributed by atoms with Crippen LogP contribution in [0.25, 0.3) is 0 Å². The molecule has 0 bridgehead atoms. The first kappa shape index (κ1) is 10.9. The fourth-order valence-electron chi connectivity index (χ4n) is 2.37. The van der Waals surface area contributed by atoms with Gasteiger partial charge in [0.05, 0.1) is 13.2 Å². The van der Waals surface area contributed by atoms with E-state index >= 15 is 0 Å². The first-order valence-corrected chi connectivity index (χ1v) is 6.14. The molecule has 2 atom stereocenters. The van der Waals surface area contributed by atoms with Crippen LogP contribution in [0.4, 0.5) is 0 Å². The van der Waals surface area contributed by atoms with Crippen LogP contribution < -0.4 is 0 Å². The Balaban J connectivity index is 1.91. The third-order valence-electron chi connectivity index (χ3n) is 3.49. The van der Waals surface area contributed by atoms with Gasteiger partial charge in [0.15, 0.2) is 0 Å². The lowest BCUT2D eigenvalue weighted by Gasteiger charge is -2.32. The molecule has 2 nitrogen and oxygen atoms in total. The van der Waals surface area contributed by atoms with Crippen LogP contribution in [0.5, 0.6) is 0 Å². The second kappa shape index (κ2) is 5.50. The van der Waals surface area contributed by atoms with Crippen molar-refractivity contribution in [1.29, 1.82) is 0 Å². The highest BCUT2D eigenvalue weighted by atomic mass is 16.5. The van der Waals surface area contributed by atoms with Crippen LogP contribution in [0.2, 0.25) is 0 Å². The van der Waals surface area contributed by atoms with Crippen LogP contribution in [0.1, 0.15) is 26.2 Å². The van der Waals surface area contributed by atoms with E-state index in [1.165, 1.54) is 19.3 Å². The van der Waals surface area contributed by atoms with Crippen molar-refractivity contribution in [3.8, 4) is 0 Å². The van der Waals surface area contributed by atoms with E-state index in [2.05, 4.69) is 29.7 Å². The van der Waals surface area contributed by atoms with Crippen molar-refractivity contribution in [2.75, 3.05) is 26.3 Å². The quantitative estimate of drug-likeness (QED) is 0.644. The van der Waals surface area contributed by atoms with Crippen LogP contribution in [0.3, 0.4) is 0 Å². The Hall–Kier alpha value is -0.560. The van der Waals surface area contributed by atoms with Gasteiger partial charge in [-0.2, -0.15) is 0 Å². The highest BCUT2D eigenvalue weighted by Gasteiger charge is 2.20. The average Bonchev–Trinajstić information content (AvgIpc) is 2.55. The summed E-state index contributed by atoms with van der Waals surface area (Å²) in [5, 5.41) is 0. The number of nitrogens with zero attached hydrogens (tertiary/aromatic N) is 1. The first-order valence-electron chi connectivity index (χ1n) is 6.14. The number of morpholine rings is 1. The van der Waals surface area contributed by atoms with E-state index in [-0.39, 0.29) is 0 Å². The van der Waals surface area contributed by atoms with E-state index in [4.69, 9.17) is 4.74 Å². The zero-order chi connectivity index (χ0) is 10.5. The highest BCUT2D eigenvalue weighted by Crippen LogP contribution is 2.20. The smallest absolute Gasteiger partial charge is 0.0594 e. The Bertz CT molecular complexity index is 249. The van der Waals surface area contributed by atoms with Crippen LogP contribution >= 0.6 is 0 Å². The normalized spacial score (nSPS) is 32.9. The summed E-state index contributed by atoms with van der Waals surface area (Å²) in [5.74, 6) is 0.743. The Morgan fingerprint density at radius 1 is 1.27 bits per heavy atom. The summed E-state index contributed by atoms with van der Waals surface area (Å²) in [7, 11) is 0. The van der Waals surface area contributed by atoms with Gasteiger partial charge < -0.3 is 4.74 Å². The number of ether oxygens (including phenoxy) is 1. The lowest BCUT2D eigenvalue weighted by atomic mass is 9.99. The molecule has 1 saturated heterocycles. The minimum absolute atomic E-state index is 0.599. The predicted octanol–water partition coefficient (Wildman–Crippen LogP) is 2.22. The van der Waals surface area contributed by atoms with E-state index in [1.54, 1.807) is 0 Å². The molecule has 0 aromatic carbocycles. The molecule has 0 N–H and O–H groups in total. The molecular formula is C13H21NO. The molecule has 15 heavy (non-hydrogen) atoms. The zero-order valence-electron chi connectivity index (χ0n) is 9.61. The fraction of sp³-hybridized carbons (Fsp3) is 0.769. The standard InChI is InChI=1S/C13H21NO/c1-2-12-4-3-5-13(7-6-12)14-8-10-15-11-9-14/h4-5,12-13H,2,6-11H2,1H3. The number of rotatable bonds is 2. The van der Waals surface area contributed by atoms with E-state index in [0.717, 1.165) is 32.2 Å². The van der Waals surface area contributed by atoms with Gasteiger partial charge in [-0.25, -0.2) is 0 Å². The van der Waals surface area contributed by atoms with Gasteiger partial charge in [0.1, 0.15) is 0 Å². The number of hydrogen-bond donors (Lipinski definition) is 0. The first-order chi connectivity index (χ1) is 7.40. The van der Waals surface area contributed by atoms with Gasteiger partial charge in [-0.15, -0.1) is 5.73 Å². The zero-order valence-corrected chi connectivity index (χ0v) is 9.61. The van der Waals surface area contributed by atoms with E-state index in [9.17, 15) is 0 Å². The molecule has 0 aromatic heterocycles. The van der Waals surface area contributed by atoms with E-state index in [1.807, 2.05) is 0 Å². The predicted molar refractivity (Wildman–Crippen MR) is 61.8 cm³/mol. The van der Waals surface area contributed by atoms with Gasteiger partial charge in [0.2, 0.25) is 0 Å². The lowest BCUT2D eigenvalue weighted by Crippen LogP contribution is -2.42. The SMILES string of the molecule is CCC1C=C=CC(N2CCOCC2)CC1. The van der Waals surface area contributed by atoms with Crippen molar-refractivity contribution in [2.24, 2.45) is 5.92 Å². The molecule has 2 aliphatic rings. The second-order valence-corrected chi connectivity index (χ2v) is 4.46. The third kappa shape index (κ3) is 2.94. The molecule has 1 aliphatic carbocycles. The van der Waals surface area contributed by atoms with Crippen molar-refractivity contribution >= 4 is 0 Å². The van der Waals surface area contributed by atoms with E-state index in [0.29, 0.717) is 6.04 Å². The molecule has 1 heterocycles. The summed E-state index contributed by atoms with van der Waals surface area (Å²) >= 11 is 0. The topological polar surface area (TPSA) is 12.5 Å². The molecule has 0 saturated carbocycles. The molecule has 2 heteroatoms. The Morgan fingerprint density at radius 3 is 2.80 bits per heavy atom. The van der Waals surface area contributed by atoms with Gasteiger partial charge in [-0.05, 0) is 37.3 Å². The van der Waals surface area contributed by atoms with Crippen molar-refractivity contribution in [1.82, 2.24) is 4.90 Å². The van der Waals surface area contributed by atoms with Crippen LogP contribution in [0.15, 0.2) is 17.9 Å². The van der Waals surface area contributed by atoms with Crippen molar-refractivity contribution in [3.63, 3.8) is 0 Å². The fourth-order valence-corrected chi connectivity index (χ4v) is 2.37. The monoisotopic (exact) mass is 207 g/mol. The molecule has 0 spiro atoms. The Morgan fingerprint density at radius 2 is 2.07 bits per heavy atom. The molecule has 0 radical (unpaired) electrons. The molecular weight excluding hydrogens is 186 g/mol. The van der Waals surface area contributed by atoms with E-state index < -0.39 is 0 Å². The second-order valence-electron chi connectivity index (χ2n) is 4.46. The molecule has 1 aliphatic heterocycles. The van der Waals surface area contributed by atoms with Crippen molar-refractivity contribution in [3.05, 3.63) is 17.9 Å². The van der Waals surface area contributed by atoms with Crippen LogP contribution in [0, 0.1) is 5.92 Å². The summed E-state index contributed by atoms with van der Waals surface area (Å²) in [6.45, 7) is 6.22. The average molecular weight is 207 g/mol. The molecule has 0 aromatic rings. The largest absolute Gasteiger partial charge is 0.379 e.